The van der Waals surface area contributed by atoms with Crippen LogP contribution in [-0.4, -0.2) is 43.0 Å². The smallest absolute Gasteiger partial charge is 0.223 e. The van der Waals surface area contributed by atoms with E-state index in [-0.39, 0.29) is 17.9 Å². The minimum atomic E-state index is 0.193. The minimum absolute atomic E-state index is 0.193. The third-order valence-corrected chi connectivity index (χ3v) is 4.99. The summed E-state index contributed by atoms with van der Waals surface area (Å²) in [5.41, 5.74) is 6.01. The Labute approximate surface area is 117 Å². The van der Waals surface area contributed by atoms with Gasteiger partial charge in [-0.15, -0.1) is 0 Å². The first-order chi connectivity index (χ1) is 9.10. The fourth-order valence-corrected chi connectivity index (χ4v) is 3.41. The molecule has 1 amide bonds. The molecule has 2 fully saturated rings. The van der Waals surface area contributed by atoms with Gasteiger partial charge in [0.1, 0.15) is 0 Å². The van der Waals surface area contributed by atoms with E-state index >= 15 is 0 Å². The highest BCUT2D eigenvalue weighted by atomic mass is 16.1. The lowest BCUT2D eigenvalue weighted by atomic mass is 9.79. The maximum atomic E-state index is 12.2. The summed E-state index contributed by atoms with van der Waals surface area (Å²) in [6.07, 6.45) is 4.13. The number of nitrogens with two attached hydrogens (primary N) is 1. The maximum Gasteiger partial charge on any atom is 0.223 e. The van der Waals surface area contributed by atoms with Crippen LogP contribution in [0.3, 0.4) is 0 Å². The topological polar surface area (TPSA) is 58.4 Å². The second kappa shape index (κ2) is 6.71. The first-order valence-electron chi connectivity index (χ1n) is 7.85. The summed E-state index contributed by atoms with van der Waals surface area (Å²) in [5.74, 6) is 1.57. The molecule has 1 aliphatic carbocycles. The molecule has 0 aromatic carbocycles. The van der Waals surface area contributed by atoms with Gasteiger partial charge in [0, 0.05) is 25.0 Å². The first-order valence-corrected chi connectivity index (χ1v) is 7.85. The Balaban J connectivity index is 1.70. The van der Waals surface area contributed by atoms with Crippen LogP contribution in [0.15, 0.2) is 0 Å². The van der Waals surface area contributed by atoms with E-state index in [2.05, 4.69) is 24.1 Å². The highest BCUT2D eigenvalue weighted by Crippen LogP contribution is 2.28. The molecule has 1 saturated heterocycles. The number of amides is 1. The summed E-state index contributed by atoms with van der Waals surface area (Å²) in [4.78, 5) is 14.6. The van der Waals surface area contributed by atoms with E-state index in [0.717, 1.165) is 38.9 Å². The molecule has 4 unspecified atom stereocenters. The van der Waals surface area contributed by atoms with Crippen molar-refractivity contribution in [2.45, 2.75) is 45.6 Å². The van der Waals surface area contributed by atoms with Crippen LogP contribution in [0.5, 0.6) is 0 Å². The molecule has 0 aromatic rings. The van der Waals surface area contributed by atoms with Gasteiger partial charge in [-0.25, -0.2) is 0 Å². The minimum Gasteiger partial charge on any atom is -0.356 e. The number of carbonyl (C=O) groups excluding carboxylic acids is 1. The number of nitrogens with zero attached hydrogens (tertiary/aromatic N) is 1. The SMILES string of the molecule is CCN1CCC(CNC(=O)C2CCC(N)C(C)C2)C1. The number of likely N-dealkylation sites (tertiary alicyclic amines) is 1. The van der Waals surface area contributed by atoms with Gasteiger partial charge in [0.15, 0.2) is 0 Å². The van der Waals surface area contributed by atoms with Crippen LogP contribution in [0.25, 0.3) is 0 Å². The van der Waals surface area contributed by atoms with Crippen molar-refractivity contribution in [3.05, 3.63) is 0 Å². The average molecular weight is 267 g/mol. The van der Waals surface area contributed by atoms with Crippen molar-refractivity contribution in [3.8, 4) is 0 Å². The standard InChI is InChI=1S/C15H29N3O/c1-3-18-7-6-12(10-18)9-17-15(19)13-4-5-14(16)11(2)8-13/h11-14H,3-10,16H2,1-2H3,(H,17,19). The lowest BCUT2D eigenvalue weighted by Crippen LogP contribution is -2.41. The van der Waals surface area contributed by atoms with Gasteiger partial charge in [-0.3, -0.25) is 4.79 Å². The first kappa shape index (κ1) is 14.8. The molecule has 2 aliphatic rings. The molecule has 0 bridgehead atoms. The monoisotopic (exact) mass is 267 g/mol. The van der Waals surface area contributed by atoms with Crippen LogP contribution < -0.4 is 11.1 Å². The fraction of sp³-hybridized carbons (Fsp3) is 0.933. The molecule has 1 aliphatic heterocycles. The van der Waals surface area contributed by atoms with Crippen molar-refractivity contribution in [1.29, 1.82) is 0 Å². The quantitative estimate of drug-likeness (QED) is 0.805. The second-order valence-corrected chi connectivity index (χ2v) is 6.44. The van der Waals surface area contributed by atoms with Crippen molar-refractivity contribution < 1.29 is 4.79 Å². The van der Waals surface area contributed by atoms with Gasteiger partial charge < -0.3 is 16.0 Å². The number of carbonyl (C=O) groups is 1. The van der Waals surface area contributed by atoms with E-state index in [1.54, 1.807) is 0 Å². The summed E-state index contributed by atoms with van der Waals surface area (Å²) in [6, 6.07) is 0.289. The van der Waals surface area contributed by atoms with Crippen LogP contribution in [0.2, 0.25) is 0 Å². The van der Waals surface area contributed by atoms with Crippen LogP contribution in [0.4, 0.5) is 0 Å². The normalized spacial score (nSPS) is 36.4. The average Bonchev–Trinajstić information content (AvgIpc) is 2.87. The third-order valence-electron chi connectivity index (χ3n) is 4.99. The maximum absolute atomic E-state index is 12.2. The molecule has 1 saturated carbocycles. The molecule has 2 rings (SSSR count). The zero-order valence-corrected chi connectivity index (χ0v) is 12.4. The van der Waals surface area contributed by atoms with Gasteiger partial charge in [-0.05, 0) is 50.6 Å². The molecule has 19 heavy (non-hydrogen) atoms. The Kier molecular flexibility index (Phi) is 5.22. The number of rotatable bonds is 4. The molecule has 4 atom stereocenters. The molecular formula is C15H29N3O. The Morgan fingerprint density at radius 1 is 1.37 bits per heavy atom. The molecule has 4 nitrogen and oxygen atoms in total. The highest BCUT2D eigenvalue weighted by molar-refractivity contribution is 5.78. The van der Waals surface area contributed by atoms with Crippen LogP contribution in [0, 0.1) is 17.8 Å². The summed E-state index contributed by atoms with van der Waals surface area (Å²) in [6.45, 7) is 8.68. The predicted octanol–water partition coefficient (Wildman–Crippen LogP) is 1.21. The number of hydrogen-bond donors (Lipinski definition) is 2. The molecule has 4 heteroatoms. The van der Waals surface area contributed by atoms with Crippen molar-refractivity contribution in [2.75, 3.05) is 26.2 Å². The molecule has 0 radical (unpaired) electrons. The molecule has 1 heterocycles. The molecular weight excluding hydrogens is 238 g/mol. The van der Waals surface area contributed by atoms with Crippen LogP contribution in [0.1, 0.15) is 39.5 Å². The fourth-order valence-electron chi connectivity index (χ4n) is 3.41. The zero-order valence-electron chi connectivity index (χ0n) is 12.4. The van der Waals surface area contributed by atoms with Crippen molar-refractivity contribution in [1.82, 2.24) is 10.2 Å². The largest absolute Gasteiger partial charge is 0.356 e. The summed E-state index contributed by atoms with van der Waals surface area (Å²) >= 11 is 0. The summed E-state index contributed by atoms with van der Waals surface area (Å²) in [7, 11) is 0. The van der Waals surface area contributed by atoms with E-state index in [0.29, 0.717) is 11.8 Å². The Hall–Kier alpha value is -0.610. The van der Waals surface area contributed by atoms with Crippen molar-refractivity contribution in [2.24, 2.45) is 23.5 Å². The Morgan fingerprint density at radius 2 is 2.16 bits per heavy atom. The van der Waals surface area contributed by atoms with Gasteiger partial charge in [0.25, 0.3) is 0 Å². The number of nitrogens with one attached hydrogen (secondary N) is 1. The zero-order chi connectivity index (χ0) is 13.8. The predicted molar refractivity (Wildman–Crippen MR) is 77.7 cm³/mol. The lowest BCUT2D eigenvalue weighted by molar-refractivity contribution is -0.126. The van der Waals surface area contributed by atoms with E-state index in [9.17, 15) is 4.79 Å². The summed E-state index contributed by atoms with van der Waals surface area (Å²) < 4.78 is 0. The van der Waals surface area contributed by atoms with Crippen LogP contribution in [-0.2, 0) is 4.79 Å². The highest BCUT2D eigenvalue weighted by Gasteiger charge is 2.30. The molecule has 110 valence electrons. The van der Waals surface area contributed by atoms with E-state index < -0.39 is 0 Å². The van der Waals surface area contributed by atoms with Gasteiger partial charge in [0.2, 0.25) is 5.91 Å². The van der Waals surface area contributed by atoms with Gasteiger partial charge in [0.05, 0.1) is 0 Å². The number of hydrogen-bond acceptors (Lipinski definition) is 3. The third kappa shape index (κ3) is 3.93. The van der Waals surface area contributed by atoms with Gasteiger partial charge >= 0.3 is 0 Å². The van der Waals surface area contributed by atoms with Gasteiger partial charge in [-0.1, -0.05) is 13.8 Å². The van der Waals surface area contributed by atoms with Crippen LogP contribution >= 0.6 is 0 Å². The van der Waals surface area contributed by atoms with E-state index in [4.69, 9.17) is 5.73 Å². The van der Waals surface area contributed by atoms with E-state index in [1.165, 1.54) is 13.0 Å². The molecule has 3 N–H and O–H groups in total. The summed E-state index contributed by atoms with van der Waals surface area (Å²) in [5, 5.41) is 3.17. The van der Waals surface area contributed by atoms with Crippen molar-refractivity contribution in [3.63, 3.8) is 0 Å². The second-order valence-electron chi connectivity index (χ2n) is 6.44. The molecule has 0 aromatic heterocycles. The van der Waals surface area contributed by atoms with Crippen molar-refractivity contribution >= 4 is 5.91 Å². The van der Waals surface area contributed by atoms with E-state index in [1.807, 2.05) is 0 Å². The Morgan fingerprint density at radius 3 is 2.79 bits per heavy atom. The van der Waals surface area contributed by atoms with Gasteiger partial charge in [-0.2, -0.15) is 0 Å². The lowest BCUT2D eigenvalue weighted by Gasteiger charge is -2.31. The Bertz CT molecular complexity index is 308. The molecule has 0 spiro atoms.